The molecule has 3 rings (SSSR count). The molecule has 0 saturated carbocycles. The fraction of sp³-hybridized carbons (Fsp3) is 0.158. The van der Waals surface area contributed by atoms with Crippen LogP contribution in [0.3, 0.4) is 0 Å². The third-order valence-corrected chi connectivity index (χ3v) is 5.84. The lowest BCUT2D eigenvalue weighted by Crippen LogP contribution is -2.29. The third kappa shape index (κ3) is 5.47. The third-order valence-electron chi connectivity index (χ3n) is 3.90. The van der Waals surface area contributed by atoms with Crippen molar-refractivity contribution in [2.24, 2.45) is 0 Å². The Morgan fingerprint density at radius 1 is 1.00 bits per heavy atom. The number of rotatable bonds is 7. The Labute approximate surface area is 175 Å². The van der Waals surface area contributed by atoms with Crippen LogP contribution in [0, 0.1) is 0 Å². The van der Waals surface area contributed by atoms with Gasteiger partial charge in [0.05, 0.1) is 16.3 Å². The Hall–Kier alpha value is -2.69. The zero-order chi connectivity index (χ0) is 21.8. The van der Waals surface area contributed by atoms with Gasteiger partial charge in [-0.1, -0.05) is 41.9 Å². The summed E-state index contributed by atoms with van der Waals surface area (Å²) in [5, 5.41) is 7.61. The van der Waals surface area contributed by atoms with Crippen molar-refractivity contribution >= 4 is 21.6 Å². The van der Waals surface area contributed by atoms with Crippen molar-refractivity contribution in [3.63, 3.8) is 0 Å². The SMILES string of the molecule is O=S(=O)(NCCOc1ccc(-c2ccccc2)nn1)c1cc(C(F)(F)F)ccc1Cl. The van der Waals surface area contributed by atoms with Gasteiger partial charge in [-0.2, -0.15) is 13.2 Å². The molecule has 0 saturated heterocycles. The second kappa shape index (κ2) is 8.99. The van der Waals surface area contributed by atoms with Crippen LogP contribution in [-0.2, 0) is 16.2 Å². The number of benzene rings is 2. The van der Waals surface area contributed by atoms with Gasteiger partial charge < -0.3 is 4.74 Å². The number of hydrogen-bond donors (Lipinski definition) is 1. The number of aromatic nitrogens is 2. The van der Waals surface area contributed by atoms with E-state index in [1.165, 1.54) is 0 Å². The second-order valence-corrected chi connectivity index (χ2v) is 8.15. The molecule has 0 bridgehead atoms. The minimum Gasteiger partial charge on any atom is -0.475 e. The fourth-order valence-corrected chi connectivity index (χ4v) is 3.99. The molecule has 0 radical (unpaired) electrons. The highest BCUT2D eigenvalue weighted by Crippen LogP contribution is 2.33. The summed E-state index contributed by atoms with van der Waals surface area (Å²) in [6.45, 7) is -0.327. The molecule has 11 heteroatoms. The van der Waals surface area contributed by atoms with Gasteiger partial charge in [0, 0.05) is 18.2 Å². The highest BCUT2D eigenvalue weighted by molar-refractivity contribution is 7.89. The fourth-order valence-electron chi connectivity index (χ4n) is 2.45. The maximum absolute atomic E-state index is 12.8. The summed E-state index contributed by atoms with van der Waals surface area (Å²) in [7, 11) is -4.27. The van der Waals surface area contributed by atoms with Crippen LogP contribution in [0.25, 0.3) is 11.3 Å². The first kappa shape index (κ1) is 22.0. The van der Waals surface area contributed by atoms with E-state index in [4.69, 9.17) is 16.3 Å². The van der Waals surface area contributed by atoms with Crippen molar-refractivity contribution in [1.82, 2.24) is 14.9 Å². The number of hydrogen-bond acceptors (Lipinski definition) is 5. The number of sulfonamides is 1. The van der Waals surface area contributed by atoms with E-state index in [1.807, 2.05) is 30.3 Å². The van der Waals surface area contributed by atoms with Crippen LogP contribution in [0.5, 0.6) is 5.88 Å². The summed E-state index contributed by atoms with van der Waals surface area (Å²) < 4.78 is 70.6. The Kier molecular flexibility index (Phi) is 6.59. The molecule has 0 aliphatic heterocycles. The van der Waals surface area contributed by atoms with Crippen molar-refractivity contribution in [2.75, 3.05) is 13.2 Å². The summed E-state index contributed by atoms with van der Waals surface area (Å²) in [6, 6.07) is 14.7. The molecule has 6 nitrogen and oxygen atoms in total. The van der Waals surface area contributed by atoms with Gasteiger partial charge in [-0.05, 0) is 24.3 Å². The minimum atomic E-state index is -4.69. The molecule has 158 valence electrons. The normalized spacial score (nSPS) is 12.0. The number of ether oxygens (including phenoxy) is 1. The highest BCUT2D eigenvalue weighted by Gasteiger charge is 2.32. The molecular weight excluding hydrogens is 443 g/mol. The van der Waals surface area contributed by atoms with Gasteiger partial charge >= 0.3 is 6.18 Å². The molecule has 0 spiro atoms. The Morgan fingerprint density at radius 3 is 2.37 bits per heavy atom. The standard InChI is InChI=1S/C19H15ClF3N3O3S/c20-15-7-6-14(19(21,22)23)12-17(15)30(27,28)24-10-11-29-18-9-8-16(25-26-18)13-4-2-1-3-5-13/h1-9,12,24H,10-11H2. The molecule has 1 heterocycles. The Bertz CT molecular complexity index is 1110. The van der Waals surface area contributed by atoms with Crippen molar-refractivity contribution < 1.29 is 26.3 Å². The van der Waals surface area contributed by atoms with E-state index in [2.05, 4.69) is 14.9 Å². The van der Waals surface area contributed by atoms with Gasteiger partial charge in [0.1, 0.15) is 11.5 Å². The monoisotopic (exact) mass is 457 g/mol. The molecule has 0 atom stereocenters. The lowest BCUT2D eigenvalue weighted by atomic mass is 10.1. The predicted octanol–water partition coefficient (Wildman–Crippen LogP) is 4.17. The van der Waals surface area contributed by atoms with Gasteiger partial charge in [0.2, 0.25) is 15.9 Å². The van der Waals surface area contributed by atoms with Crippen molar-refractivity contribution in [1.29, 1.82) is 0 Å². The molecular formula is C19H15ClF3N3O3S. The van der Waals surface area contributed by atoms with Gasteiger partial charge in [0.25, 0.3) is 0 Å². The van der Waals surface area contributed by atoms with E-state index in [0.29, 0.717) is 17.8 Å². The summed E-state index contributed by atoms with van der Waals surface area (Å²) in [6.07, 6.45) is -4.69. The Morgan fingerprint density at radius 2 is 1.73 bits per heavy atom. The quantitative estimate of drug-likeness (QED) is 0.538. The van der Waals surface area contributed by atoms with E-state index in [0.717, 1.165) is 11.6 Å². The van der Waals surface area contributed by atoms with Crippen LogP contribution < -0.4 is 9.46 Å². The minimum absolute atomic E-state index is 0.116. The van der Waals surface area contributed by atoms with Gasteiger partial charge in [-0.25, -0.2) is 13.1 Å². The van der Waals surface area contributed by atoms with Crippen LogP contribution in [-0.4, -0.2) is 31.8 Å². The predicted molar refractivity (Wildman–Crippen MR) is 105 cm³/mol. The maximum Gasteiger partial charge on any atom is 0.416 e. The lowest BCUT2D eigenvalue weighted by Gasteiger charge is -2.12. The first-order chi connectivity index (χ1) is 14.2. The maximum atomic E-state index is 12.8. The zero-order valence-electron chi connectivity index (χ0n) is 15.2. The second-order valence-electron chi connectivity index (χ2n) is 6.01. The molecule has 0 aliphatic rings. The van der Waals surface area contributed by atoms with Gasteiger partial charge in [-0.3, -0.25) is 0 Å². The van der Waals surface area contributed by atoms with Crippen LogP contribution >= 0.6 is 11.6 Å². The molecule has 2 aromatic carbocycles. The summed E-state index contributed by atoms with van der Waals surface area (Å²) in [5.41, 5.74) is 0.405. The molecule has 3 aromatic rings. The lowest BCUT2D eigenvalue weighted by molar-refractivity contribution is -0.137. The molecule has 1 aromatic heterocycles. The first-order valence-corrected chi connectivity index (χ1v) is 10.4. The highest BCUT2D eigenvalue weighted by atomic mass is 35.5. The van der Waals surface area contributed by atoms with E-state index in [1.54, 1.807) is 12.1 Å². The average Bonchev–Trinajstić information content (AvgIpc) is 2.72. The zero-order valence-corrected chi connectivity index (χ0v) is 16.8. The van der Waals surface area contributed by atoms with Crippen LogP contribution in [0.1, 0.15) is 5.56 Å². The number of alkyl halides is 3. The van der Waals surface area contributed by atoms with Gasteiger partial charge in [0.15, 0.2) is 0 Å². The number of nitrogens with one attached hydrogen (secondary N) is 1. The molecule has 30 heavy (non-hydrogen) atoms. The molecule has 1 N–H and O–H groups in total. The Balaban J connectivity index is 1.59. The molecule has 0 amide bonds. The summed E-state index contributed by atoms with van der Waals surface area (Å²) in [4.78, 5) is -0.661. The van der Waals surface area contributed by atoms with Crippen LogP contribution in [0.2, 0.25) is 5.02 Å². The number of nitrogens with zero attached hydrogens (tertiary/aromatic N) is 2. The van der Waals surface area contributed by atoms with E-state index in [9.17, 15) is 21.6 Å². The van der Waals surface area contributed by atoms with Crippen molar-refractivity contribution in [2.45, 2.75) is 11.1 Å². The topological polar surface area (TPSA) is 81.2 Å². The summed E-state index contributed by atoms with van der Waals surface area (Å²) >= 11 is 5.77. The number of halogens is 4. The summed E-state index contributed by atoms with van der Waals surface area (Å²) in [5.74, 6) is 0.172. The van der Waals surface area contributed by atoms with Crippen molar-refractivity contribution in [3.8, 4) is 17.1 Å². The largest absolute Gasteiger partial charge is 0.475 e. The van der Waals surface area contributed by atoms with Crippen LogP contribution in [0.4, 0.5) is 13.2 Å². The van der Waals surface area contributed by atoms with Gasteiger partial charge in [-0.15, -0.1) is 10.2 Å². The van der Waals surface area contributed by atoms with E-state index >= 15 is 0 Å². The van der Waals surface area contributed by atoms with E-state index in [-0.39, 0.29) is 24.1 Å². The molecule has 0 unspecified atom stereocenters. The smallest absolute Gasteiger partial charge is 0.416 e. The molecule has 0 fully saturated rings. The van der Waals surface area contributed by atoms with E-state index < -0.39 is 26.7 Å². The van der Waals surface area contributed by atoms with Crippen LogP contribution in [0.15, 0.2) is 65.6 Å². The van der Waals surface area contributed by atoms with Crippen molar-refractivity contribution in [3.05, 3.63) is 71.2 Å². The first-order valence-electron chi connectivity index (χ1n) is 8.55. The molecule has 0 aliphatic carbocycles. The average molecular weight is 458 g/mol.